The summed E-state index contributed by atoms with van der Waals surface area (Å²) in [5, 5.41) is 9.29. The lowest BCUT2D eigenvalue weighted by molar-refractivity contribution is 0.0689. The minimum Gasteiger partial charge on any atom is -0.478 e. The first-order valence-electron chi connectivity index (χ1n) is 7.19. The van der Waals surface area contributed by atoms with Crippen molar-refractivity contribution in [1.29, 1.82) is 0 Å². The van der Waals surface area contributed by atoms with Crippen LogP contribution in [-0.4, -0.2) is 41.6 Å². The number of anilines is 1. The lowest BCUT2D eigenvalue weighted by atomic mass is 10.2. The van der Waals surface area contributed by atoms with Gasteiger partial charge in [-0.25, -0.2) is 32.6 Å². The molecular formula is C15H11FN4O5S2. The van der Waals surface area contributed by atoms with Gasteiger partial charge in [-0.05, 0) is 24.3 Å². The van der Waals surface area contributed by atoms with E-state index in [2.05, 4.69) is 19.7 Å². The summed E-state index contributed by atoms with van der Waals surface area (Å²) in [4.78, 5) is 22.4. The van der Waals surface area contributed by atoms with Crippen molar-refractivity contribution in [2.75, 3.05) is 11.8 Å². The molecule has 3 rings (SSSR count). The van der Waals surface area contributed by atoms with E-state index in [9.17, 15) is 17.6 Å². The topological polar surface area (TPSA) is 131 Å². The van der Waals surface area contributed by atoms with E-state index < -0.39 is 27.5 Å². The molecule has 0 radical (unpaired) electrons. The summed E-state index contributed by atoms with van der Waals surface area (Å²) in [5.41, 5.74) is 0.164. The summed E-state index contributed by atoms with van der Waals surface area (Å²) in [6.07, 6.45) is 2.05. The van der Waals surface area contributed by atoms with Gasteiger partial charge in [0.05, 0.1) is 19.5 Å². The Bertz CT molecular complexity index is 1100. The van der Waals surface area contributed by atoms with E-state index >= 15 is 0 Å². The third kappa shape index (κ3) is 4.01. The van der Waals surface area contributed by atoms with E-state index in [-0.39, 0.29) is 15.9 Å². The Kier molecular flexibility index (Phi) is 5.01. The number of ether oxygens (including phenoxy) is 1. The number of nitrogens with zero attached hydrogens (tertiary/aromatic N) is 3. The molecule has 9 nitrogen and oxygen atoms in total. The molecule has 0 aliphatic rings. The molecule has 0 spiro atoms. The third-order valence-electron chi connectivity index (χ3n) is 3.22. The van der Waals surface area contributed by atoms with Gasteiger partial charge in [-0.1, -0.05) is 0 Å². The molecule has 2 N–H and O–H groups in total. The van der Waals surface area contributed by atoms with E-state index in [4.69, 9.17) is 9.84 Å². The van der Waals surface area contributed by atoms with Crippen LogP contribution < -0.4 is 9.46 Å². The number of hydrogen-bond acceptors (Lipinski definition) is 8. The zero-order valence-corrected chi connectivity index (χ0v) is 15.2. The second-order valence-electron chi connectivity index (χ2n) is 5.02. The molecule has 1 aromatic carbocycles. The highest BCUT2D eigenvalue weighted by Crippen LogP contribution is 2.30. The summed E-state index contributed by atoms with van der Waals surface area (Å²) in [5.74, 6) is -2.30. The van der Waals surface area contributed by atoms with E-state index in [0.717, 1.165) is 23.7 Å². The minimum atomic E-state index is -4.07. The summed E-state index contributed by atoms with van der Waals surface area (Å²) in [7, 11) is -2.87. The number of aromatic carboxylic acids is 1. The second-order valence-corrected chi connectivity index (χ2v) is 7.96. The van der Waals surface area contributed by atoms with E-state index in [1.54, 1.807) is 0 Å². The van der Waals surface area contributed by atoms with Crippen molar-refractivity contribution in [1.82, 2.24) is 15.0 Å². The minimum absolute atomic E-state index is 0.118. The number of carbonyl (C=O) groups is 1. The van der Waals surface area contributed by atoms with Crippen molar-refractivity contribution < 1.29 is 27.4 Å². The van der Waals surface area contributed by atoms with Gasteiger partial charge in [-0.3, -0.25) is 4.72 Å². The second kappa shape index (κ2) is 7.25. The molecule has 0 saturated carbocycles. The first-order valence-corrected chi connectivity index (χ1v) is 9.49. The smallest absolute Gasteiger partial charge is 0.356 e. The summed E-state index contributed by atoms with van der Waals surface area (Å²) in [6, 6.07) is 5.45. The predicted molar refractivity (Wildman–Crippen MR) is 93.9 cm³/mol. The van der Waals surface area contributed by atoms with Crippen LogP contribution in [0.25, 0.3) is 10.6 Å². The molecule has 0 aliphatic carbocycles. The number of benzene rings is 1. The van der Waals surface area contributed by atoms with Crippen LogP contribution in [-0.2, 0) is 10.0 Å². The highest BCUT2D eigenvalue weighted by atomic mass is 32.2. The number of thiazole rings is 1. The maximum Gasteiger partial charge on any atom is 0.356 e. The number of methoxy groups -OCH3 is 1. The Morgan fingerprint density at radius 2 is 1.93 bits per heavy atom. The fourth-order valence-electron chi connectivity index (χ4n) is 1.97. The molecule has 0 aliphatic heterocycles. The maximum atomic E-state index is 13.0. The van der Waals surface area contributed by atoms with Crippen molar-refractivity contribution in [2.45, 2.75) is 4.21 Å². The van der Waals surface area contributed by atoms with Gasteiger partial charge in [0, 0.05) is 5.56 Å². The number of rotatable bonds is 6. The van der Waals surface area contributed by atoms with Crippen LogP contribution in [0.5, 0.6) is 5.88 Å². The average molecular weight is 410 g/mol. The van der Waals surface area contributed by atoms with Crippen molar-refractivity contribution in [3.63, 3.8) is 0 Å². The molecule has 140 valence electrons. The first-order chi connectivity index (χ1) is 12.8. The van der Waals surface area contributed by atoms with Crippen LogP contribution in [0.4, 0.5) is 10.2 Å². The van der Waals surface area contributed by atoms with E-state index in [0.29, 0.717) is 10.6 Å². The number of halogens is 1. The Labute approximate surface area is 156 Å². The molecule has 0 saturated heterocycles. The molecule has 0 atom stereocenters. The molecule has 12 heteroatoms. The molecule has 27 heavy (non-hydrogen) atoms. The Hall–Kier alpha value is -3.12. The van der Waals surface area contributed by atoms with Crippen molar-refractivity contribution in [3.05, 3.63) is 48.2 Å². The normalized spacial score (nSPS) is 11.2. The van der Waals surface area contributed by atoms with Gasteiger partial charge in [-0.2, -0.15) is 0 Å². The molecule has 2 aromatic heterocycles. The average Bonchev–Trinajstić information content (AvgIpc) is 3.13. The zero-order valence-electron chi connectivity index (χ0n) is 13.6. The lowest BCUT2D eigenvalue weighted by Crippen LogP contribution is -2.15. The highest BCUT2D eigenvalue weighted by molar-refractivity contribution is 7.94. The van der Waals surface area contributed by atoms with Crippen LogP contribution in [0, 0.1) is 5.82 Å². The van der Waals surface area contributed by atoms with Crippen molar-refractivity contribution in [3.8, 4) is 16.5 Å². The summed E-state index contributed by atoms with van der Waals surface area (Å²) >= 11 is 0.872. The number of aromatic nitrogens is 3. The summed E-state index contributed by atoms with van der Waals surface area (Å²) < 4.78 is 45.1. The van der Waals surface area contributed by atoms with Crippen LogP contribution in [0.3, 0.4) is 0 Å². The van der Waals surface area contributed by atoms with Crippen LogP contribution in [0.2, 0.25) is 0 Å². The number of sulfonamides is 1. The number of carboxylic acids is 1. The van der Waals surface area contributed by atoms with Crippen LogP contribution in [0.15, 0.2) is 40.9 Å². The SMILES string of the molecule is COc1nc(C(=O)O)cnc1NS(=O)(=O)c1cnc(-c2ccc(F)cc2)s1. The summed E-state index contributed by atoms with van der Waals surface area (Å²) in [6.45, 7) is 0. The van der Waals surface area contributed by atoms with E-state index in [1.807, 2.05) is 0 Å². The number of carboxylic acid groups (broad SMARTS) is 1. The van der Waals surface area contributed by atoms with Gasteiger partial charge in [0.1, 0.15) is 10.8 Å². The molecular weight excluding hydrogens is 399 g/mol. The van der Waals surface area contributed by atoms with Crippen molar-refractivity contribution in [2.24, 2.45) is 0 Å². The number of hydrogen-bond donors (Lipinski definition) is 2. The van der Waals surface area contributed by atoms with Gasteiger partial charge >= 0.3 is 5.97 Å². The van der Waals surface area contributed by atoms with E-state index in [1.165, 1.54) is 31.4 Å². The molecule has 2 heterocycles. The molecule has 0 fully saturated rings. The number of nitrogens with one attached hydrogen (secondary N) is 1. The Morgan fingerprint density at radius 1 is 1.22 bits per heavy atom. The molecule has 0 bridgehead atoms. The molecule has 0 amide bonds. The fourth-order valence-corrected chi connectivity index (χ4v) is 4.12. The standard InChI is InChI=1S/C15H11FN4O5S2/c1-25-13-12(17-6-10(19-13)15(21)22)20-27(23,24)11-7-18-14(26-11)8-2-4-9(16)5-3-8/h2-7H,1H3,(H,17,20)(H,21,22). The molecule has 3 aromatic rings. The van der Waals surface area contributed by atoms with Gasteiger partial charge in [0.2, 0.25) is 5.82 Å². The highest BCUT2D eigenvalue weighted by Gasteiger charge is 2.22. The van der Waals surface area contributed by atoms with Gasteiger partial charge < -0.3 is 9.84 Å². The monoisotopic (exact) mass is 410 g/mol. The van der Waals surface area contributed by atoms with Gasteiger partial charge in [0.15, 0.2) is 9.90 Å². The van der Waals surface area contributed by atoms with Crippen LogP contribution in [0.1, 0.15) is 10.5 Å². The van der Waals surface area contributed by atoms with Crippen molar-refractivity contribution >= 4 is 33.1 Å². The van der Waals surface area contributed by atoms with Gasteiger partial charge in [0.25, 0.3) is 15.9 Å². The third-order valence-corrected chi connectivity index (χ3v) is 6.07. The lowest BCUT2D eigenvalue weighted by Gasteiger charge is -2.09. The Balaban J connectivity index is 1.89. The zero-order chi connectivity index (χ0) is 19.6. The Morgan fingerprint density at radius 3 is 2.56 bits per heavy atom. The predicted octanol–water partition coefficient (Wildman–Crippen LogP) is 2.25. The largest absolute Gasteiger partial charge is 0.478 e. The van der Waals surface area contributed by atoms with Crippen LogP contribution >= 0.6 is 11.3 Å². The van der Waals surface area contributed by atoms with Gasteiger partial charge in [-0.15, -0.1) is 11.3 Å². The maximum absolute atomic E-state index is 13.0. The molecule has 0 unspecified atom stereocenters. The first kappa shape index (κ1) is 18.7. The quantitative estimate of drug-likeness (QED) is 0.632. The fraction of sp³-hybridized carbons (Fsp3) is 0.0667.